The van der Waals surface area contributed by atoms with Crippen molar-refractivity contribution in [1.29, 1.82) is 0 Å². The Labute approximate surface area is 101 Å². The number of ether oxygens (including phenoxy) is 2. The molecule has 1 aromatic heterocycles. The van der Waals surface area contributed by atoms with Gasteiger partial charge in [0, 0.05) is 25.0 Å². The largest absolute Gasteiger partial charge is 0.373 e. The Hall–Kier alpha value is -0.970. The number of fused-ring (bicyclic) bond motifs is 1. The van der Waals surface area contributed by atoms with Gasteiger partial charge in [-0.15, -0.1) is 0 Å². The summed E-state index contributed by atoms with van der Waals surface area (Å²) in [6.07, 6.45) is 6.33. The molecule has 0 amide bonds. The maximum atomic E-state index is 5.97. The molecule has 1 aliphatic heterocycles. The van der Waals surface area contributed by atoms with Crippen molar-refractivity contribution in [1.82, 2.24) is 10.3 Å². The second kappa shape index (κ2) is 5.12. The van der Waals surface area contributed by atoms with Crippen LogP contribution in [0.1, 0.15) is 18.4 Å². The fourth-order valence-electron chi connectivity index (χ4n) is 2.67. The number of hydrogen-bond donors (Lipinski definition) is 1. The van der Waals surface area contributed by atoms with Crippen LogP contribution in [0.25, 0.3) is 0 Å². The molecule has 0 unspecified atom stereocenters. The molecule has 1 saturated heterocycles. The summed E-state index contributed by atoms with van der Waals surface area (Å²) in [5.41, 5.74) is 1.17. The van der Waals surface area contributed by atoms with Crippen molar-refractivity contribution in [3.05, 3.63) is 30.1 Å². The van der Waals surface area contributed by atoms with Gasteiger partial charge in [-0.05, 0) is 30.5 Å². The normalized spacial score (nSPS) is 32.4. The van der Waals surface area contributed by atoms with Crippen LogP contribution in [-0.4, -0.2) is 36.4 Å². The molecule has 17 heavy (non-hydrogen) atoms. The van der Waals surface area contributed by atoms with E-state index >= 15 is 0 Å². The van der Waals surface area contributed by atoms with Crippen molar-refractivity contribution < 1.29 is 9.47 Å². The molecular weight excluding hydrogens is 216 g/mol. The first-order valence-electron chi connectivity index (χ1n) is 6.29. The molecular formula is C13H18N2O2. The van der Waals surface area contributed by atoms with Gasteiger partial charge in [-0.25, -0.2) is 0 Å². The predicted molar refractivity (Wildman–Crippen MR) is 63.6 cm³/mol. The number of pyridine rings is 1. The summed E-state index contributed by atoms with van der Waals surface area (Å²) >= 11 is 0. The second-order valence-corrected chi connectivity index (χ2v) is 4.68. The zero-order valence-corrected chi connectivity index (χ0v) is 9.84. The van der Waals surface area contributed by atoms with E-state index in [0.29, 0.717) is 12.6 Å². The third-order valence-electron chi connectivity index (χ3n) is 3.56. The van der Waals surface area contributed by atoms with Crippen molar-refractivity contribution in [2.24, 2.45) is 0 Å². The number of rotatable bonds is 3. The summed E-state index contributed by atoms with van der Waals surface area (Å²) in [4.78, 5) is 4.00. The first-order chi connectivity index (χ1) is 8.43. The number of aromatic nitrogens is 1. The van der Waals surface area contributed by atoms with E-state index in [0.717, 1.165) is 26.0 Å². The average molecular weight is 234 g/mol. The molecule has 4 nitrogen and oxygen atoms in total. The Morgan fingerprint density at radius 1 is 1.35 bits per heavy atom. The molecule has 1 aromatic rings. The Bertz CT molecular complexity index is 358. The molecule has 2 fully saturated rings. The highest BCUT2D eigenvalue weighted by molar-refractivity contribution is 5.08. The SMILES string of the molecule is c1cc(CO[C@@H]2CC[C@@H]3NCCO[C@H]32)ccn1. The van der Waals surface area contributed by atoms with Gasteiger partial charge in [-0.1, -0.05) is 0 Å². The third kappa shape index (κ3) is 2.49. The minimum Gasteiger partial charge on any atom is -0.373 e. The third-order valence-corrected chi connectivity index (χ3v) is 3.56. The van der Waals surface area contributed by atoms with Gasteiger partial charge in [0.05, 0.1) is 25.4 Å². The quantitative estimate of drug-likeness (QED) is 0.851. The fourth-order valence-corrected chi connectivity index (χ4v) is 2.67. The van der Waals surface area contributed by atoms with Gasteiger partial charge in [-0.2, -0.15) is 0 Å². The molecule has 3 atom stereocenters. The van der Waals surface area contributed by atoms with E-state index in [4.69, 9.17) is 9.47 Å². The van der Waals surface area contributed by atoms with Crippen LogP contribution in [0.2, 0.25) is 0 Å². The summed E-state index contributed by atoms with van der Waals surface area (Å²) < 4.78 is 11.8. The van der Waals surface area contributed by atoms with Gasteiger partial charge in [-0.3, -0.25) is 4.98 Å². The van der Waals surface area contributed by atoms with Crippen molar-refractivity contribution in [2.75, 3.05) is 13.2 Å². The van der Waals surface area contributed by atoms with E-state index < -0.39 is 0 Å². The zero-order chi connectivity index (χ0) is 11.5. The maximum Gasteiger partial charge on any atom is 0.0989 e. The maximum absolute atomic E-state index is 5.97. The van der Waals surface area contributed by atoms with Gasteiger partial charge >= 0.3 is 0 Å². The first kappa shape index (κ1) is 11.1. The standard InChI is InChI=1S/C13H18N2O2/c1-2-12(13-11(1)15-7-8-16-13)17-9-10-3-5-14-6-4-10/h3-6,11-13,15H,1-2,7-9H2/t11-,12+,13+/m0/s1. The minimum absolute atomic E-state index is 0.237. The van der Waals surface area contributed by atoms with Gasteiger partial charge in [0.2, 0.25) is 0 Å². The Balaban J connectivity index is 1.55. The van der Waals surface area contributed by atoms with Crippen LogP contribution in [0.15, 0.2) is 24.5 Å². The summed E-state index contributed by atoms with van der Waals surface area (Å²) in [5, 5.41) is 3.49. The van der Waals surface area contributed by atoms with Crippen LogP contribution in [0.4, 0.5) is 0 Å². The van der Waals surface area contributed by atoms with Gasteiger partial charge in [0.25, 0.3) is 0 Å². The molecule has 1 N–H and O–H groups in total. The summed E-state index contributed by atoms with van der Waals surface area (Å²) in [6, 6.07) is 4.48. The van der Waals surface area contributed by atoms with E-state index in [1.807, 2.05) is 12.1 Å². The van der Waals surface area contributed by atoms with E-state index in [2.05, 4.69) is 10.3 Å². The topological polar surface area (TPSA) is 43.4 Å². The van der Waals surface area contributed by atoms with Crippen LogP contribution in [0.3, 0.4) is 0 Å². The lowest BCUT2D eigenvalue weighted by Gasteiger charge is -2.30. The van der Waals surface area contributed by atoms with Gasteiger partial charge in [0.15, 0.2) is 0 Å². The smallest absolute Gasteiger partial charge is 0.0989 e. The van der Waals surface area contributed by atoms with E-state index in [9.17, 15) is 0 Å². The van der Waals surface area contributed by atoms with Crippen LogP contribution in [-0.2, 0) is 16.1 Å². The van der Waals surface area contributed by atoms with Crippen LogP contribution in [0.5, 0.6) is 0 Å². The Morgan fingerprint density at radius 2 is 2.24 bits per heavy atom. The van der Waals surface area contributed by atoms with E-state index in [1.165, 1.54) is 5.56 Å². The lowest BCUT2D eigenvalue weighted by atomic mass is 10.1. The molecule has 2 aliphatic rings. The predicted octanol–water partition coefficient (Wildman–Crippen LogP) is 1.12. The van der Waals surface area contributed by atoms with Crippen LogP contribution < -0.4 is 5.32 Å². The molecule has 0 radical (unpaired) electrons. The van der Waals surface area contributed by atoms with E-state index in [1.54, 1.807) is 12.4 Å². The lowest BCUT2D eigenvalue weighted by Crippen LogP contribution is -2.48. The van der Waals surface area contributed by atoms with Gasteiger partial charge < -0.3 is 14.8 Å². The number of hydrogen-bond acceptors (Lipinski definition) is 4. The first-order valence-corrected chi connectivity index (χ1v) is 6.29. The second-order valence-electron chi connectivity index (χ2n) is 4.68. The highest BCUT2D eigenvalue weighted by atomic mass is 16.5. The average Bonchev–Trinajstić information content (AvgIpc) is 2.81. The molecule has 1 saturated carbocycles. The molecule has 0 bridgehead atoms. The summed E-state index contributed by atoms with van der Waals surface area (Å²) in [5.74, 6) is 0. The molecule has 3 rings (SSSR count). The van der Waals surface area contributed by atoms with Gasteiger partial charge in [0.1, 0.15) is 0 Å². The lowest BCUT2D eigenvalue weighted by molar-refractivity contribution is -0.0835. The highest BCUT2D eigenvalue weighted by Gasteiger charge is 2.39. The zero-order valence-electron chi connectivity index (χ0n) is 9.84. The summed E-state index contributed by atoms with van der Waals surface area (Å²) in [7, 11) is 0. The van der Waals surface area contributed by atoms with Crippen molar-refractivity contribution in [3.63, 3.8) is 0 Å². The summed E-state index contributed by atoms with van der Waals surface area (Å²) in [6.45, 7) is 2.42. The van der Waals surface area contributed by atoms with Crippen molar-refractivity contribution in [2.45, 2.75) is 37.7 Å². The number of morpholine rings is 1. The van der Waals surface area contributed by atoms with Crippen molar-refractivity contribution >= 4 is 0 Å². The fraction of sp³-hybridized carbons (Fsp3) is 0.615. The molecule has 4 heteroatoms. The molecule has 1 aliphatic carbocycles. The Kier molecular flexibility index (Phi) is 3.36. The molecule has 0 aromatic carbocycles. The number of nitrogens with zero attached hydrogens (tertiary/aromatic N) is 1. The molecule has 2 heterocycles. The highest BCUT2D eigenvalue weighted by Crippen LogP contribution is 2.28. The number of nitrogens with one attached hydrogen (secondary N) is 1. The van der Waals surface area contributed by atoms with Crippen LogP contribution in [0, 0.1) is 0 Å². The Morgan fingerprint density at radius 3 is 3.12 bits per heavy atom. The molecule has 0 spiro atoms. The monoisotopic (exact) mass is 234 g/mol. The van der Waals surface area contributed by atoms with Crippen molar-refractivity contribution in [3.8, 4) is 0 Å². The molecule has 92 valence electrons. The van der Waals surface area contributed by atoms with E-state index in [-0.39, 0.29) is 12.2 Å². The minimum atomic E-state index is 0.237. The van der Waals surface area contributed by atoms with Crippen LogP contribution >= 0.6 is 0 Å².